The summed E-state index contributed by atoms with van der Waals surface area (Å²) < 4.78 is 0. The van der Waals surface area contributed by atoms with Gasteiger partial charge in [0, 0.05) is 33.1 Å². The fourth-order valence-corrected chi connectivity index (χ4v) is 3.63. The molecule has 5 heteroatoms. The van der Waals surface area contributed by atoms with Crippen molar-refractivity contribution in [2.75, 3.05) is 26.7 Å². The second-order valence-electron chi connectivity index (χ2n) is 7.15. The molecule has 2 heterocycles. The molecule has 3 rings (SSSR count). The van der Waals surface area contributed by atoms with Crippen molar-refractivity contribution in [2.45, 2.75) is 33.1 Å². The Labute approximate surface area is 144 Å². The number of aromatic amines is 1. The monoisotopic (exact) mass is 327 g/mol. The first-order valence-corrected chi connectivity index (χ1v) is 9.05. The van der Waals surface area contributed by atoms with E-state index in [0.29, 0.717) is 0 Å². The molecule has 2 aromatic rings. The van der Waals surface area contributed by atoms with E-state index in [1.54, 1.807) is 0 Å². The van der Waals surface area contributed by atoms with Crippen molar-refractivity contribution in [3.05, 3.63) is 30.1 Å². The number of rotatable bonds is 5. The Kier molecular flexibility index (Phi) is 5.38. The lowest BCUT2D eigenvalue weighted by Gasteiger charge is -2.22. The number of H-pyrrole nitrogens is 1. The van der Waals surface area contributed by atoms with Crippen LogP contribution in [0.15, 0.2) is 29.3 Å². The molecule has 0 spiro atoms. The third-order valence-electron chi connectivity index (χ3n) is 4.69. The Morgan fingerprint density at radius 1 is 1.42 bits per heavy atom. The van der Waals surface area contributed by atoms with Gasteiger partial charge in [0.2, 0.25) is 0 Å². The van der Waals surface area contributed by atoms with Gasteiger partial charge in [0.25, 0.3) is 0 Å². The molecule has 2 N–H and O–H groups in total. The van der Waals surface area contributed by atoms with Crippen molar-refractivity contribution in [1.29, 1.82) is 0 Å². The zero-order valence-corrected chi connectivity index (χ0v) is 15.0. The maximum Gasteiger partial charge on any atom is 0.193 e. The van der Waals surface area contributed by atoms with Gasteiger partial charge in [-0.15, -0.1) is 0 Å². The minimum atomic E-state index is 0.776. The first kappa shape index (κ1) is 16.8. The van der Waals surface area contributed by atoms with Crippen LogP contribution in [0.2, 0.25) is 0 Å². The predicted octanol–water partition coefficient (Wildman–Crippen LogP) is 3.05. The van der Waals surface area contributed by atoms with Crippen molar-refractivity contribution < 1.29 is 0 Å². The van der Waals surface area contributed by atoms with Crippen molar-refractivity contribution in [3.8, 4) is 0 Å². The SMILES string of the molecule is CN=C(NCCc1nc2ccccc2[nH]1)N1CCC(CC(C)C)C1. The third-order valence-corrected chi connectivity index (χ3v) is 4.69. The molecule has 1 aliphatic rings. The van der Waals surface area contributed by atoms with Gasteiger partial charge in [0.15, 0.2) is 5.96 Å². The number of hydrogen-bond acceptors (Lipinski definition) is 2. The van der Waals surface area contributed by atoms with E-state index in [0.717, 1.165) is 60.7 Å². The molecule has 1 aliphatic heterocycles. The van der Waals surface area contributed by atoms with Gasteiger partial charge < -0.3 is 15.2 Å². The smallest absolute Gasteiger partial charge is 0.193 e. The Bertz CT molecular complexity index is 655. The third kappa shape index (κ3) is 4.08. The Morgan fingerprint density at radius 3 is 3.00 bits per heavy atom. The summed E-state index contributed by atoms with van der Waals surface area (Å²) in [5.41, 5.74) is 2.14. The lowest BCUT2D eigenvalue weighted by molar-refractivity contribution is 0.403. The predicted molar refractivity (Wildman–Crippen MR) is 100 cm³/mol. The standard InChI is InChI=1S/C19H29N5/c1-14(2)12-15-9-11-24(13-15)19(20-3)21-10-8-18-22-16-6-4-5-7-17(16)23-18/h4-7,14-15H,8-13H2,1-3H3,(H,20,21)(H,22,23). The second kappa shape index (κ2) is 7.69. The lowest BCUT2D eigenvalue weighted by atomic mass is 9.97. The first-order valence-electron chi connectivity index (χ1n) is 9.05. The summed E-state index contributed by atoms with van der Waals surface area (Å²) >= 11 is 0. The Morgan fingerprint density at radius 2 is 2.25 bits per heavy atom. The zero-order valence-electron chi connectivity index (χ0n) is 15.0. The average Bonchev–Trinajstić information content (AvgIpc) is 3.17. The van der Waals surface area contributed by atoms with Crippen LogP contribution in [0, 0.1) is 11.8 Å². The lowest BCUT2D eigenvalue weighted by Crippen LogP contribution is -2.41. The molecular weight excluding hydrogens is 298 g/mol. The number of aromatic nitrogens is 2. The van der Waals surface area contributed by atoms with Crippen molar-refractivity contribution in [1.82, 2.24) is 20.2 Å². The van der Waals surface area contributed by atoms with Crippen molar-refractivity contribution in [3.63, 3.8) is 0 Å². The molecule has 0 radical (unpaired) electrons. The largest absolute Gasteiger partial charge is 0.356 e. The van der Waals surface area contributed by atoms with E-state index >= 15 is 0 Å². The molecule has 0 bridgehead atoms. The number of nitrogens with one attached hydrogen (secondary N) is 2. The van der Waals surface area contributed by atoms with Gasteiger partial charge in [-0.2, -0.15) is 0 Å². The van der Waals surface area contributed by atoms with Crippen LogP contribution in [0.1, 0.15) is 32.5 Å². The summed E-state index contributed by atoms with van der Waals surface area (Å²) in [6, 6.07) is 8.16. The van der Waals surface area contributed by atoms with E-state index in [4.69, 9.17) is 0 Å². The maximum atomic E-state index is 4.63. The van der Waals surface area contributed by atoms with Gasteiger partial charge in [0.05, 0.1) is 11.0 Å². The van der Waals surface area contributed by atoms with Gasteiger partial charge >= 0.3 is 0 Å². The number of fused-ring (bicyclic) bond motifs is 1. The van der Waals surface area contributed by atoms with E-state index in [-0.39, 0.29) is 0 Å². The molecule has 130 valence electrons. The Balaban J connectivity index is 1.49. The summed E-state index contributed by atoms with van der Waals surface area (Å²) in [7, 11) is 1.87. The van der Waals surface area contributed by atoms with Gasteiger partial charge in [-0.3, -0.25) is 4.99 Å². The van der Waals surface area contributed by atoms with Gasteiger partial charge in [-0.1, -0.05) is 26.0 Å². The van der Waals surface area contributed by atoms with Crippen LogP contribution in [0.3, 0.4) is 0 Å². The van der Waals surface area contributed by atoms with Crippen LogP contribution >= 0.6 is 0 Å². The molecule has 1 saturated heterocycles. The summed E-state index contributed by atoms with van der Waals surface area (Å²) in [6.45, 7) is 7.70. The molecule has 1 atom stereocenters. The van der Waals surface area contributed by atoms with E-state index in [1.165, 1.54) is 12.8 Å². The highest BCUT2D eigenvalue weighted by Crippen LogP contribution is 2.23. The molecule has 1 aromatic carbocycles. The number of nitrogens with zero attached hydrogens (tertiary/aromatic N) is 3. The minimum Gasteiger partial charge on any atom is -0.356 e. The molecule has 0 saturated carbocycles. The molecule has 1 aromatic heterocycles. The highest BCUT2D eigenvalue weighted by molar-refractivity contribution is 5.80. The minimum absolute atomic E-state index is 0.776. The summed E-state index contributed by atoms with van der Waals surface area (Å²) in [5.74, 6) is 3.63. The summed E-state index contributed by atoms with van der Waals surface area (Å²) in [5, 5.41) is 3.49. The van der Waals surface area contributed by atoms with Crippen LogP contribution in [0.25, 0.3) is 11.0 Å². The number of hydrogen-bond donors (Lipinski definition) is 2. The van der Waals surface area contributed by atoms with E-state index in [1.807, 2.05) is 25.2 Å². The normalized spacial score (nSPS) is 18.8. The molecule has 5 nitrogen and oxygen atoms in total. The maximum absolute atomic E-state index is 4.63. The molecular formula is C19H29N5. The number of likely N-dealkylation sites (tertiary alicyclic amines) is 1. The van der Waals surface area contributed by atoms with Gasteiger partial charge in [0.1, 0.15) is 5.82 Å². The van der Waals surface area contributed by atoms with Gasteiger partial charge in [-0.05, 0) is 36.8 Å². The fourth-order valence-electron chi connectivity index (χ4n) is 3.63. The van der Waals surface area contributed by atoms with Crippen LogP contribution < -0.4 is 5.32 Å². The summed E-state index contributed by atoms with van der Waals surface area (Å²) in [6.07, 6.45) is 3.46. The van der Waals surface area contributed by atoms with Crippen LogP contribution in [-0.2, 0) is 6.42 Å². The topological polar surface area (TPSA) is 56.3 Å². The number of guanidine groups is 1. The first-order chi connectivity index (χ1) is 11.7. The van der Waals surface area contributed by atoms with Gasteiger partial charge in [-0.25, -0.2) is 4.98 Å². The summed E-state index contributed by atoms with van der Waals surface area (Å²) in [4.78, 5) is 14.9. The van der Waals surface area contributed by atoms with E-state index in [2.05, 4.69) is 45.1 Å². The number of para-hydroxylation sites is 2. The van der Waals surface area contributed by atoms with Crippen molar-refractivity contribution in [2.24, 2.45) is 16.8 Å². The molecule has 24 heavy (non-hydrogen) atoms. The molecule has 0 aliphatic carbocycles. The highest BCUT2D eigenvalue weighted by Gasteiger charge is 2.25. The second-order valence-corrected chi connectivity index (χ2v) is 7.15. The van der Waals surface area contributed by atoms with Crippen LogP contribution in [0.4, 0.5) is 0 Å². The zero-order chi connectivity index (χ0) is 16.9. The molecule has 1 fully saturated rings. The average molecular weight is 327 g/mol. The van der Waals surface area contributed by atoms with Crippen LogP contribution in [0.5, 0.6) is 0 Å². The highest BCUT2D eigenvalue weighted by atomic mass is 15.3. The number of aliphatic imine (C=N–C) groups is 1. The molecule has 0 amide bonds. The Hall–Kier alpha value is -2.04. The molecule has 1 unspecified atom stereocenters. The van der Waals surface area contributed by atoms with E-state index < -0.39 is 0 Å². The number of imidazole rings is 1. The van der Waals surface area contributed by atoms with E-state index in [9.17, 15) is 0 Å². The van der Waals surface area contributed by atoms with Crippen LogP contribution in [-0.4, -0.2) is 47.5 Å². The quantitative estimate of drug-likeness (QED) is 0.655. The number of benzene rings is 1. The van der Waals surface area contributed by atoms with Crippen molar-refractivity contribution >= 4 is 17.0 Å². The fraction of sp³-hybridized carbons (Fsp3) is 0.579.